The van der Waals surface area contributed by atoms with E-state index in [0.717, 1.165) is 32.6 Å². The molecule has 0 radical (unpaired) electrons. The number of nitrogens with one attached hydrogen (secondary N) is 1. The number of aromatic nitrogens is 3. The summed E-state index contributed by atoms with van der Waals surface area (Å²) >= 11 is 0. The molecular formula is C13H23N5O2. The third-order valence-corrected chi connectivity index (χ3v) is 3.00. The molecule has 1 aromatic heterocycles. The van der Waals surface area contributed by atoms with Crippen LogP contribution in [0.3, 0.4) is 0 Å². The second kappa shape index (κ2) is 6.21. The Morgan fingerprint density at radius 2 is 2.20 bits per heavy atom. The van der Waals surface area contributed by atoms with E-state index in [0.29, 0.717) is 6.04 Å². The summed E-state index contributed by atoms with van der Waals surface area (Å²) in [6, 6.07) is 0.373. The van der Waals surface area contributed by atoms with Crippen LogP contribution in [-0.2, 0) is 11.3 Å². The number of amides is 1. The highest BCUT2D eigenvalue weighted by atomic mass is 16.6. The first-order valence-electron chi connectivity index (χ1n) is 6.99. The molecule has 7 heteroatoms. The number of ether oxygens (including phenoxy) is 1. The summed E-state index contributed by atoms with van der Waals surface area (Å²) in [5.41, 5.74) is -0.423. The van der Waals surface area contributed by atoms with E-state index in [-0.39, 0.29) is 6.09 Å². The summed E-state index contributed by atoms with van der Waals surface area (Å²) in [7, 11) is 0. The Labute approximate surface area is 119 Å². The summed E-state index contributed by atoms with van der Waals surface area (Å²) < 4.78 is 7.12. The average Bonchev–Trinajstić information content (AvgIpc) is 2.76. The van der Waals surface area contributed by atoms with Gasteiger partial charge in [-0.25, -0.2) is 4.79 Å². The predicted molar refractivity (Wildman–Crippen MR) is 74.2 cm³/mol. The van der Waals surface area contributed by atoms with Crippen molar-refractivity contribution in [2.24, 2.45) is 0 Å². The maximum absolute atomic E-state index is 11.7. The van der Waals surface area contributed by atoms with Crippen LogP contribution in [0.5, 0.6) is 0 Å². The molecule has 1 aliphatic heterocycles. The van der Waals surface area contributed by atoms with Gasteiger partial charge in [0, 0.05) is 31.9 Å². The van der Waals surface area contributed by atoms with Crippen LogP contribution in [0.4, 0.5) is 4.79 Å². The topological polar surface area (TPSA) is 72.3 Å². The third-order valence-electron chi connectivity index (χ3n) is 3.00. The van der Waals surface area contributed by atoms with Crippen molar-refractivity contribution in [3.05, 3.63) is 12.4 Å². The normalized spacial score (nSPS) is 16.1. The van der Waals surface area contributed by atoms with Crippen LogP contribution < -0.4 is 5.32 Å². The van der Waals surface area contributed by atoms with Gasteiger partial charge in [0.15, 0.2) is 0 Å². The first-order valence-corrected chi connectivity index (χ1v) is 6.99. The van der Waals surface area contributed by atoms with E-state index in [1.807, 2.05) is 31.6 Å². The summed E-state index contributed by atoms with van der Waals surface area (Å²) in [5, 5.41) is 11.1. The number of rotatable bonds is 5. The number of aryl methyl sites for hydroxylation is 1. The lowest BCUT2D eigenvalue weighted by Crippen LogP contribution is -2.60. The molecule has 1 fully saturated rings. The van der Waals surface area contributed by atoms with Crippen molar-refractivity contribution in [1.29, 1.82) is 0 Å². The molecule has 0 aromatic carbocycles. The molecule has 1 N–H and O–H groups in total. The van der Waals surface area contributed by atoms with E-state index in [9.17, 15) is 4.79 Å². The molecule has 0 aliphatic carbocycles. The summed E-state index contributed by atoms with van der Waals surface area (Å²) in [6.45, 7) is 8.85. The fourth-order valence-corrected chi connectivity index (χ4v) is 1.98. The molecule has 1 saturated heterocycles. The number of likely N-dealkylation sites (tertiary alicyclic amines) is 1. The second-order valence-corrected chi connectivity index (χ2v) is 6.06. The maximum Gasteiger partial charge on any atom is 0.410 e. The van der Waals surface area contributed by atoms with Crippen molar-refractivity contribution in [1.82, 2.24) is 25.2 Å². The van der Waals surface area contributed by atoms with E-state index < -0.39 is 5.60 Å². The molecule has 0 atom stereocenters. The Morgan fingerprint density at radius 3 is 2.80 bits per heavy atom. The lowest BCUT2D eigenvalue weighted by atomic mass is 10.1. The lowest BCUT2D eigenvalue weighted by Gasteiger charge is -2.40. The first-order chi connectivity index (χ1) is 9.44. The monoisotopic (exact) mass is 281 g/mol. The van der Waals surface area contributed by atoms with Gasteiger partial charge in [0.1, 0.15) is 5.60 Å². The van der Waals surface area contributed by atoms with Gasteiger partial charge in [0.2, 0.25) is 0 Å². The van der Waals surface area contributed by atoms with Crippen LogP contribution in [0.15, 0.2) is 12.4 Å². The highest BCUT2D eigenvalue weighted by molar-refractivity contribution is 5.69. The van der Waals surface area contributed by atoms with Crippen LogP contribution in [-0.4, -0.2) is 57.3 Å². The van der Waals surface area contributed by atoms with Crippen molar-refractivity contribution in [3.63, 3.8) is 0 Å². The van der Waals surface area contributed by atoms with Gasteiger partial charge in [-0.05, 0) is 33.7 Å². The molecule has 0 unspecified atom stereocenters. The molecular weight excluding hydrogens is 258 g/mol. The van der Waals surface area contributed by atoms with Gasteiger partial charge < -0.3 is 15.0 Å². The molecule has 20 heavy (non-hydrogen) atoms. The van der Waals surface area contributed by atoms with Crippen molar-refractivity contribution in [3.8, 4) is 0 Å². The van der Waals surface area contributed by atoms with Gasteiger partial charge in [-0.1, -0.05) is 5.21 Å². The molecule has 1 aliphatic rings. The van der Waals surface area contributed by atoms with E-state index in [2.05, 4.69) is 15.6 Å². The Morgan fingerprint density at radius 1 is 1.45 bits per heavy atom. The number of nitrogens with zero attached hydrogens (tertiary/aromatic N) is 4. The van der Waals surface area contributed by atoms with E-state index in [4.69, 9.17) is 4.74 Å². The molecule has 0 bridgehead atoms. The highest BCUT2D eigenvalue weighted by Crippen LogP contribution is 2.15. The van der Waals surface area contributed by atoms with Gasteiger partial charge in [-0.15, -0.1) is 5.10 Å². The maximum atomic E-state index is 11.7. The molecule has 1 amide bonds. The Hall–Kier alpha value is -1.63. The van der Waals surface area contributed by atoms with Crippen molar-refractivity contribution >= 4 is 6.09 Å². The zero-order valence-corrected chi connectivity index (χ0v) is 12.4. The minimum absolute atomic E-state index is 0.224. The summed E-state index contributed by atoms with van der Waals surface area (Å²) in [5.74, 6) is 0. The van der Waals surface area contributed by atoms with E-state index >= 15 is 0 Å². The van der Waals surface area contributed by atoms with Gasteiger partial charge in [-0.2, -0.15) is 0 Å². The predicted octanol–water partition coefficient (Wildman–Crippen LogP) is 0.877. The fourth-order valence-electron chi connectivity index (χ4n) is 1.98. The SMILES string of the molecule is CC(C)(C)OC(=O)N1CC(NCCCn2ccnn2)C1. The first kappa shape index (κ1) is 14.8. The zero-order chi connectivity index (χ0) is 14.6. The van der Waals surface area contributed by atoms with E-state index in [1.54, 1.807) is 11.1 Å². The number of hydrogen-bond acceptors (Lipinski definition) is 5. The van der Waals surface area contributed by atoms with Crippen molar-refractivity contribution in [2.45, 2.75) is 45.4 Å². The third kappa shape index (κ3) is 4.48. The van der Waals surface area contributed by atoms with Crippen LogP contribution in [0.2, 0.25) is 0 Å². The smallest absolute Gasteiger partial charge is 0.410 e. The van der Waals surface area contributed by atoms with Crippen LogP contribution in [0.25, 0.3) is 0 Å². The van der Waals surface area contributed by atoms with Crippen LogP contribution >= 0.6 is 0 Å². The Bertz CT molecular complexity index is 420. The molecule has 1 aromatic rings. The van der Waals surface area contributed by atoms with E-state index in [1.165, 1.54) is 0 Å². The van der Waals surface area contributed by atoms with Gasteiger partial charge in [-0.3, -0.25) is 4.68 Å². The minimum Gasteiger partial charge on any atom is -0.444 e. The highest BCUT2D eigenvalue weighted by Gasteiger charge is 2.33. The van der Waals surface area contributed by atoms with Gasteiger partial charge in [0.05, 0.1) is 6.20 Å². The fraction of sp³-hybridized carbons (Fsp3) is 0.769. The number of carbonyl (C=O) groups is 1. The standard InChI is InChI=1S/C13H23N5O2/c1-13(2,3)20-12(19)17-9-11(10-17)14-5-4-7-18-8-6-15-16-18/h6,8,11,14H,4-5,7,9-10H2,1-3H3. The molecule has 7 nitrogen and oxygen atoms in total. The Balaban J connectivity index is 1.54. The van der Waals surface area contributed by atoms with Gasteiger partial charge in [0.25, 0.3) is 0 Å². The molecule has 0 saturated carbocycles. The quantitative estimate of drug-likeness (QED) is 0.811. The molecule has 112 valence electrons. The second-order valence-electron chi connectivity index (χ2n) is 6.06. The Kier molecular flexibility index (Phi) is 4.59. The van der Waals surface area contributed by atoms with Crippen LogP contribution in [0.1, 0.15) is 27.2 Å². The largest absolute Gasteiger partial charge is 0.444 e. The molecule has 0 spiro atoms. The minimum atomic E-state index is -0.423. The average molecular weight is 281 g/mol. The molecule has 2 heterocycles. The van der Waals surface area contributed by atoms with Crippen LogP contribution in [0, 0.1) is 0 Å². The summed E-state index contributed by atoms with van der Waals surface area (Å²) in [4.78, 5) is 13.5. The zero-order valence-electron chi connectivity index (χ0n) is 12.4. The van der Waals surface area contributed by atoms with Crippen molar-refractivity contribution < 1.29 is 9.53 Å². The van der Waals surface area contributed by atoms with Crippen molar-refractivity contribution in [2.75, 3.05) is 19.6 Å². The number of carbonyl (C=O) groups excluding carboxylic acids is 1. The summed E-state index contributed by atoms with van der Waals surface area (Å²) in [6.07, 6.45) is 4.30. The van der Waals surface area contributed by atoms with Gasteiger partial charge >= 0.3 is 6.09 Å². The molecule has 2 rings (SSSR count). The lowest BCUT2D eigenvalue weighted by molar-refractivity contribution is 0.00534. The number of hydrogen-bond donors (Lipinski definition) is 1.